The van der Waals surface area contributed by atoms with E-state index in [1.807, 2.05) is 29.2 Å². The molecule has 0 aliphatic carbocycles. The minimum atomic E-state index is 0.120. The Bertz CT molecular complexity index is 810. The minimum Gasteiger partial charge on any atom is -0.492 e. The highest BCUT2D eigenvalue weighted by molar-refractivity contribution is 5.97. The van der Waals surface area contributed by atoms with Crippen LogP contribution in [0.5, 0.6) is 5.75 Å². The van der Waals surface area contributed by atoms with Gasteiger partial charge in [-0.2, -0.15) is 0 Å². The van der Waals surface area contributed by atoms with Gasteiger partial charge in [-0.3, -0.25) is 9.69 Å². The summed E-state index contributed by atoms with van der Waals surface area (Å²) in [6.07, 6.45) is 7.93. The molecule has 29 heavy (non-hydrogen) atoms. The predicted molar refractivity (Wildman–Crippen MR) is 115 cm³/mol. The Morgan fingerprint density at radius 1 is 1.03 bits per heavy atom. The fourth-order valence-corrected chi connectivity index (χ4v) is 4.56. The third-order valence-corrected chi connectivity index (χ3v) is 6.28. The zero-order valence-electron chi connectivity index (χ0n) is 17.6. The first kappa shape index (κ1) is 20.0. The average Bonchev–Trinajstić information content (AvgIpc) is 3.17. The number of rotatable bonds is 6. The fourth-order valence-electron chi connectivity index (χ4n) is 4.56. The van der Waals surface area contributed by atoms with Gasteiger partial charge in [0.1, 0.15) is 5.75 Å². The molecular formula is C24H33N3O2. The first-order valence-corrected chi connectivity index (χ1v) is 11.0. The molecule has 0 spiro atoms. The predicted octanol–water partition coefficient (Wildman–Crippen LogP) is 3.94. The summed E-state index contributed by atoms with van der Waals surface area (Å²) >= 11 is 0. The maximum atomic E-state index is 13.0. The zero-order chi connectivity index (χ0) is 20.1. The number of carbonyl (C=O) groups excluding carboxylic acids is 1. The molecule has 1 aromatic heterocycles. The first-order chi connectivity index (χ1) is 14.2. The molecule has 2 aliphatic rings. The van der Waals surface area contributed by atoms with Crippen molar-refractivity contribution < 1.29 is 9.53 Å². The van der Waals surface area contributed by atoms with E-state index in [0.29, 0.717) is 18.1 Å². The van der Waals surface area contributed by atoms with E-state index in [2.05, 4.69) is 34.8 Å². The van der Waals surface area contributed by atoms with Gasteiger partial charge in [0.25, 0.3) is 5.91 Å². The van der Waals surface area contributed by atoms with Gasteiger partial charge in [0.15, 0.2) is 0 Å². The van der Waals surface area contributed by atoms with Crippen LogP contribution in [0.2, 0.25) is 0 Å². The van der Waals surface area contributed by atoms with Crippen LogP contribution in [0.3, 0.4) is 0 Å². The van der Waals surface area contributed by atoms with Crippen molar-refractivity contribution in [1.82, 2.24) is 14.4 Å². The van der Waals surface area contributed by atoms with Crippen molar-refractivity contribution in [2.45, 2.75) is 38.6 Å². The van der Waals surface area contributed by atoms with Crippen molar-refractivity contribution >= 4 is 5.91 Å². The number of nitrogens with zero attached hydrogens (tertiary/aromatic N) is 3. The number of benzene rings is 1. The number of aryl methyl sites for hydroxylation is 1. The molecule has 156 valence electrons. The topological polar surface area (TPSA) is 37.7 Å². The highest BCUT2D eigenvalue weighted by atomic mass is 16.5. The van der Waals surface area contributed by atoms with Gasteiger partial charge >= 0.3 is 0 Å². The lowest BCUT2D eigenvalue weighted by molar-refractivity contribution is 0.0716. The fraction of sp³-hybridized carbons (Fsp3) is 0.542. The Hall–Kier alpha value is -2.27. The molecule has 1 atom stereocenters. The van der Waals surface area contributed by atoms with E-state index in [0.717, 1.165) is 51.3 Å². The van der Waals surface area contributed by atoms with E-state index in [9.17, 15) is 4.79 Å². The summed E-state index contributed by atoms with van der Waals surface area (Å²) < 4.78 is 8.41. The highest BCUT2D eigenvalue weighted by Crippen LogP contribution is 2.25. The average molecular weight is 396 g/mol. The van der Waals surface area contributed by atoms with E-state index in [1.165, 1.54) is 25.0 Å². The van der Waals surface area contributed by atoms with Gasteiger partial charge in [-0.15, -0.1) is 0 Å². The van der Waals surface area contributed by atoms with Gasteiger partial charge in [0.05, 0.1) is 12.2 Å². The number of amides is 1. The Morgan fingerprint density at radius 2 is 1.86 bits per heavy atom. The van der Waals surface area contributed by atoms with Gasteiger partial charge in [-0.1, -0.05) is 12.1 Å². The Balaban J connectivity index is 1.35. The molecule has 1 aromatic carbocycles. The molecular weight excluding hydrogens is 362 g/mol. The maximum absolute atomic E-state index is 13.0. The number of aromatic nitrogens is 1. The molecule has 0 N–H and O–H groups in total. The van der Waals surface area contributed by atoms with Gasteiger partial charge in [0.2, 0.25) is 0 Å². The normalized spacial score (nSPS) is 20.6. The summed E-state index contributed by atoms with van der Waals surface area (Å²) in [5.41, 5.74) is 2.06. The lowest BCUT2D eigenvalue weighted by Crippen LogP contribution is -2.38. The van der Waals surface area contributed by atoms with Crippen molar-refractivity contribution in [3.8, 4) is 5.75 Å². The van der Waals surface area contributed by atoms with E-state index in [1.54, 1.807) is 0 Å². The third kappa shape index (κ3) is 5.02. The van der Waals surface area contributed by atoms with E-state index in [4.69, 9.17) is 4.74 Å². The Labute approximate surface area is 174 Å². The van der Waals surface area contributed by atoms with Crippen LogP contribution in [0, 0.1) is 5.92 Å². The van der Waals surface area contributed by atoms with Gasteiger partial charge in [-0.25, -0.2) is 0 Å². The number of hydrogen-bond acceptors (Lipinski definition) is 3. The molecule has 5 nitrogen and oxygen atoms in total. The van der Waals surface area contributed by atoms with Crippen LogP contribution in [-0.2, 0) is 13.6 Å². The van der Waals surface area contributed by atoms with E-state index < -0.39 is 0 Å². The third-order valence-electron chi connectivity index (χ3n) is 6.28. The minimum absolute atomic E-state index is 0.120. The van der Waals surface area contributed by atoms with Gasteiger partial charge < -0.3 is 14.2 Å². The zero-order valence-corrected chi connectivity index (χ0v) is 17.6. The molecule has 1 unspecified atom stereocenters. The molecule has 0 radical (unpaired) electrons. The summed E-state index contributed by atoms with van der Waals surface area (Å²) in [4.78, 5) is 17.5. The number of piperidine rings is 2. The quantitative estimate of drug-likeness (QED) is 0.743. The Kier molecular flexibility index (Phi) is 6.55. The van der Waals surface area contributed by atoms with Crippen molar-refractivity contribution in [1.29, 1.82) is 0 Å². The van der Waals surface area contributed by atoms with E-state index >= 15 is 0 Å². The standard InChI is InChI=1S/C24H33N3O2/c1-25-13-8-10-21(25)18-26-14-7-9-20(17-26)19-29-23-12-4-3-11-22(23)24(28)27-15-5-2-6-16-27/h3-4,8,10-13,20H,2,5-7,9,14-19H2,1H3. The highest BCUT2D eigenvalue weighted by Gasteiger charge is 2.24. The van der Waals surface area contributed by atoms with Gasteiger partial charge in [-0.05, 0) is 62.9 Å². The van der Waals surface area contributed by atoms with Crippen LogP contribution in [-0.4, -0.2) is 53.1 Å². The molecule has 4 rings (SSSR count). The number of carbonyl (C=O) groups is 1. The summed E-state index contributed by atoms with van der Waals surface area (Å²) in [6.45, 7) is 5.59. The summed E-state index contributed by atoms with van der Waals surface area (Å²) in [5.74, 6) is 1.36. The molecule has 2 fully saturated rings. The van der Waals surface area contributed by atoms with Crippen molar-refractivity contribution in [2.24, 2.45) is 13.0 Å². The molecule has 5 heteroatoms. The molecule has 2 aliphatic heterocycles. The summed E-state index contributed by atoms with van der Waals surface area (Å²) in [5, 5.41) is 0. The monoisotopic (exact) mass is 395 g/mol. The summed E-state index contributed by atoms with van der Waals surface area (Å²) in [7, 11) is 2.11. The molecule has 2 saturated heterocycles. The van der Waals surface area contributed by atoms with Crippen LogP contribution >= 0.6 is 0 Å². The van der Waals surface area contributed by atoms with Crippen LogP contribution < -0.4 is 4.74 Å². The second-order valence-corrected chi connectivity index (χ2v) is 8.51. The van der Waals surface area contributed by atoms with Crippen molar-refractivity contribution in [3.63, 3.8) is 0 Å². The van der Waals surface area contributed by atoms with Crippen molar-refractivity contribution in [2.75, 3.05) is 32.8 Å². The second-order valence-electron chi connectivity index (χ2n) is 8.51. The summed E-state index contributed by atoms with van der Waals surface area (Å²) in [6, 6.07) is 12.1. The smallest absolute Gasteiger partial charge is 0.257 e. The van der Waals surface area contributed by atoms with Crippen LogP contribution in [0.1, 0.15) is 48.2 Å². The van der Waals surface area contributed by atoms with Crippen LogP contribution in [0.25, 0.3) is 0 Å². The van der Waals surface area contributed by atoms with Crippen LogP contribution in [0.4, 0.5) is 0 Å². The number of hydrogen-bond donors (Lipinski definition) is 0. The molecule has 0 saturated carbocycles. The van der Waals surface area contributed by atoms with Crippen LogP contribution in [0.15, 0.2) is 42.6 Å². The largest absolute Gasteiger partial charge is 0.492 e. The lowest BCUT2D eigenvalue weighted by Gasteiger charge is -2.33. The number of para-hydroxylation sites is 1. The number of ether oxygens (including phenoxy) is 1. The van der Waals surface area contributed by atoms with Crippen molar-refractivity contribution in [3.05, 3.63) is 53.9 Å². The number of likely N-dealkylation sites (tertiary alicyclic amines) is 2. The second kappa shape index (κ2) is 9.49. The van der Waals surface area contributed by atoms with Gasteiger partial charge in [0, 0.05) is 51.0 Å². The maximum Gasteiger partial charge on any atom is 0.257 e. The SMILES string of the molecule is Cn1cccc1CN1CCCC(COc2ccccc2C(=O)N2CCCCC2)C1. The Morgan fingerprint density at radius 3 is 2.66 bits per heavy atom. The lowest BCUT2D eigenvalue weighted by atomic mass is 9.98. The molecule has 3 heterocycles. The molecule has 1 amide bonds. The van der Waals surface area contributed by atoms with E-state index in [-0.39, 0.29) is 5.91 Å². The molecule has 0 bridgehead atoms. The first-order valence-electron chi connectivity index (χ1n) is 11.0. The molecule has 2 aromatic rings.